The molecule has 0 saturated carbocycles. The molecule has 0 spiro atoms. The molecular weight excluding hydrogens is 360 g/mol. The van der Waals surface area contributed by atoms with Crippen molar-refractivity contribution in [3.63, 3.8) is 0 Å². The van der Waals surface area contributed by atoms with Crippen molar-refractivity contribution in [2.45, 2.75) is 17.5 Å². The molecule has 134 valence electrons. The van der Waals surface area contributed by atoms with Crippen LogP contribution >= 0.6 is 11.6 Å². The van der Waals surface area contributed by atoms with E-state index in [-0.39, 0.29) is 10.9 Å². The molecule has 0 aromatic heterocycles. The first kappa shape index (κ1) is 18.4. The van der Waals surface area contributed by atoms with E-state index in [1.54, 1.807) is 37.4 Å². The van der Waals surface area contributed by atoms with Gasteiger partial charge in [-0.2, -0.15) is 4.31 Å². The highest BCUT2D eigenvalue weighted by atomic mass is 35.5. The molecule has 7 heteroatoms. The van der Waals surface area contributed by atoms with Crippen molar-refractivity contribution >= 4 is 21.6 Å². The second kappa shape index (κ2) is 7.85. The maximum atomic E-state index is 13.2. The van der Waals surface area contributed by atoms with Crippen LogP contribution in [0.25, 0.3) is 0 Å². The highest BCUT2D eigenvalue weighted by molar-refractivity contribution is 7.89. The Balaban J connectivity index is 1.94. The Morgan fingerprint density at radius 3 is 2.60 bits per heavy atom. The number of rotatable bonds is 5. The van der Waals surface area contributed by atoms with Gasteiger partial charge in [0, 0.05) is 31.8 Å². The Morgan fingerprint density at radius 2 is 1.92 bits per heavy atom. The topological polar surface area (TPSA) is 58.6 Å². The average Bonchev–Trinajstić information content (AvgIpc) is 2.63. The van der Waals surface area contributed by atoms with Crippen molar-refractivity contribution in [1.29, 1.82) is 0 Å². The summed E-state index contributed by atoms with van der Waals surface area (Å²) in [6.07, 6.45) is 0. The van der Waals surface area contributed by atoms with E-state index in [2.05, 4.69) is 5.32 Å². The van der Waals surface area contributed by atoms with Crippen LogP contribution in [0.3, 0.4) is 0 Å². The van der Waals surface area contributed by atoms with E-state index in [4.69, 9.17) is 16.3 Å². The van der Waals surface area contributed by atoms with Crippen LogP contribution < -0.4 is 5.32 Å². The number of hydrogen-bond donors (Lipinski definition) is 1. The summed E-state index contributed by atoms with van der Waals surface area (Å²) in [5.41, 5.74) is 1.75. The number of ether oxygens (including phenoxy) is 1. The standard InChI is InChI=1S/C18H21ClN2O3S/c1-24-13-14-6-8-15(9-7-14)25(22,23)21-11-10-20-12-18(21)16-4-2-3-5-17(16)19/h2-9,18,20H,10-13H2,1H3. The molecule has 0 bridgehead atoms. The lowest BCUT2D eigenvalue weighted by Gasteiger charge is -2.35. The van der Waals surface area contributed by atoms with Crippen molar-refractivity contribution < 1.29 is 13.2 Å². The molecule has 5 nitrogen and oxygen atoms in total. The second-order valence-electron chi connectivity index (χ2n) is 5.93. The number of benzene rings is 2. The zero-order valence-corrected chi connectivity index (χ0v) is 15.6. The Labute approximate surface area is 153 Å². The van der Waals surface area contributed by atoms with Crippen molar-refractivity contribution in [2.75, 3.05) is 26.7 Å². The molecule has 1 saturated heterocycles. The molecule has 0 radical (unpaired) electrons. The first-order chi connectivity index (χ1) is 12.0. The van der Waals surface area contributed by atoms with Crippen LogP contribution in [0.4, 0.5) is 0 Å². The van der Waals surface area contributed by atoms with E-state index >= 15 is 0 Å². The normalized spacial score (nSPS) is 19.0. The summed E-state index contributed by atoms with van der Waals surface area (Å²) in [4.78, 5) is 0.284. The van der Waals surface area contributed by atoms with Gasteiger partial charge >= 0.3 is 0 Å². The maximum absolute atomic E-state index is 13.2. The molecule has 1 heterocycles. The van der Waals surface area contributed by atoms with Crippen molar-refractivity contribution in [3.05, 3.63) is 64.7 Å². The van der Waals surface area contributed by atoms with Gasteiger partial charge in [-0.25, -0.2) is 8.42 Å². The third-order valence-corrected chi connectivity index (χ3v) is 6.57. The van der Waals surface area contributed by atoms with Gasteiger partial charge in [-0.15, -0.1) is 0 Å². The van der Waals surface area contributed by atoms with Gasteiger partial charge < -0.3 is 10.1 Å². The summed E-state index contributed by atoms with van der Waals surface area (Å²) in [5.74, 6) is 0. The predicted octanol–water partition coefficient (Wildman–Crippen LogP) is 2.82. The van der Waals surface area contributed by atoms with Crippen molar-refractivity contribution in [3.8, 4) is 0 Å². The maximum Gasteiger partial charge on any atom is 0.243 e. The van der Waals surface area contributed by atoms with Crippen LogP contribution in [0.2, 0.25) is 5.02 Å². The molecule has 1 unspecified atom stereocenters. The molecule has 1 N–H and O–H groups in total. The van der Waals surface area contributed by atoms with Crippen molar-refractivity contribution in [1.82, 2.24) is 9.62 Å². The highest BCUT2D eigenvalue weighted by Gasteiger charge is 2.35. The fourth-order valence-electron chi connectivity index (χ4n) is 3.04. The van der Waals surface area contributed by atoms with Gasteiger partial charge in [0.2, 0.25) is 10.0 Å². The van der Waals surface area contributed by atoms with E-state index < -0.39 is 10.0 Å². The summed E-state index contributed by atoms with van der Waals surface area (Å²) in [7, 11) is -2.00. The third kappa shape index (κ3) is 3.88. The summed E-state index contributed by atoms with van der Waals surface area (Å²) in [6, 6.07) is 13.9. The minimum atomic E-state index is -3.61. The van der Waals surface area contributed by atoms with E-state index in [1.165, 1.54) is 4.31 Å². The molecule has 3 rings (SSSR count). The van der Waals surface area contributed by atoms with Gasteiger partial charge in [0.1, 0.15) is 0 Å². The first-order valence-corrected chi connectivity index (χ1v) is 9.90. The lowest BCUT2D eigenvalue weighted by atomic mass is 10.1. The fourth-order valence-corrected chi connectivity index (χ4v) is 4.91. The number of nitrogens with one attached hydrogen (secondary N) is 1. The van der Waals surface area contributed by atoms with Gasteiger partial charge in [0.05, 0.1) is 17.5 Å². The molecule has 2 aromatic rings. The molecule has 1 aliphatic rings. The van der Waals surface area contributed by atoms with Gasteiger partial charge in [0.15, 0.2) is 0 Å². The molecule has 25 heavy (non-hydrogen) atoms. The Bertz CT molecular complexity index is 824. The fraction of sp³-hybridized carbons (Fsp3) is 0.333. The Hall–Kier alpha value is -1.44. The number of nitrogens with zero attached hydrogens (tertiary/aromatic N) is 1. The highest BCUT2D eigenvalue weighted by Crippen LogP contribution is 2.32. The number of methoxy groups -OCH3 is 1. The number of sulfonamides is 1. The van der Waals surface area contributed by atoms with Gasteiger partial charge in [-0.1, -0.05) is 41.9 Å². The van der Waals surface area contributed by atoms with Crippen LogP contribution in [-0.4, -0.2) is 39.5 Å². The lowest BCUT2D eigenvalue weighted by molar-refractivity contribution is 0.185. The van der Waals surface area contributed by atoms with Crippen molar-refractivity contribution in [2.24, 2.45) is 0 Å². The molecule has 0 aliphatic carbocycles. The first-order valence-electron chi connectivity index (χ1n) is 8.09. The molecular formula is C18H21ClN2O3S. The monoisotopic (exact) mass is 380 g/mol. The molecule has 1 atom stereocenters. The summed E-state index contributed by atoms with van der Waals surface area (Å²) >= 11 is 6.31. The summed E-state index contributed by atoms with van der Waals surface area (Å²) in [5, 5.41) is 3.83. The van der Waals surface area contributed by atoms with Gasteiger partial charge in [0.25, 0.3) is 0 Å². The quantitative estimate of drug-likeness (QED) is 0.866. The van der Waals surface area contributed by atoms with Crippen LogP contribution in [0.1, 0.15) is 17.2 Å². The van der Waals surface area contributed by atoms with Crippen LogP contribution in [-0.2, 0) is 21.4 Å². The summed E-state index contributed by atoms with van der Waals surface area (Å²) < 4.78 is 33.0. The molecule has 1 fully saturated rings. The third-order valence-electron chi connectivity index (χ3n) is 4.30. The predicted molar refractivity (Wildman–Crippen MR) is 98.1 cm³/mol. The SMILES string of the molecule is COCc1ccc(S(=O)(=O)N2CCNCC2c2ccccc2Cl)cc1. The Morgan fingerprint density at radius 1 is 1.20 bits per heavy atom. The molecule has 2 aromatic carbocycles. The molecule has 1 aliphatic heterocycles. The minimum absolute atomic E-state index is 0.284. The lowest BCUT2D eigenvalue weighted by Crippen LogP contribution is -2.48. The van der Waals surface area contributed by atoms with E-state index in [1.807, 2.05) is 18.2 Å². The van der Waals surface area contributed by atoms with E-state index in [9.17, 15) is 8.42 Å². The number of halogens is 1. The van der Waals surface area contributed by atoms with Crippen LogP contribution in [0.5, 0.6) is 0 Å². The zero-order chi connectivity index (χ0) is 17.9. The summed E-state index contributed by atoms with van der Waals surface area (Å²) in [6.45, 7) is 2.00. The minimum Gasteiger partial charge on any atom is -0.380 e. The van der Waals surface area contributed by atoms with Crippen LogP contribution in [0, 0.1) is 0 Å². The van der Waals surface area contributed by atoms with E-state index in [0.717, 1.165) is 11.1 Å². The second-order valence-corrected chi connectivity index (χ2v) is 8.23. The molecule has 0 amide bonds. The van der Waals surface area contributed by atoms with Gasteiger partial charge in [-0.3, -0.25) is 0 Å². The number of hydrogen-bond acceptors (Lipinski definition) is 4. The van der Waals surface area contributed by atoms with Crippen LogP contribution in [0.15, 0.2) is 53.4 Å². The Kier molecular flexibility index (Phi) is 5.76. The average molecular weight is 381 g/mol. The van der Waals surface area contributed by atoms with E-state index in [0.29, 0.717) is 31.3 Å². The zero-order valence-electron chi connectivity index (χ0n) is 14.0. The number of piperazine rings is 1. The van der Waals surface area contributed by atoms with Gasteiger partial charge in [-0.05, 0) is 29.3 Å². The smallest absolute Gasteiger partial charge is 0.243 e. The largest absolute Gasteiger partial charge is 0.380 e.